The predicted octanol–water partition coefficient (Wildman–Crippen LogP) is 4.65. The third-order valence-corrected chi connectivity index (χ3v) is 2.75. The molecule has 0 heterocycles. The molecule has 2 rings (SSSR count). The van der Waals surface area contributed by atoms with E-state index in [4.69, 9.17) is 0 Å². The van der Waals surface area contributed by atoms with E-state index in [0.29, 0.717) is 16.9 Å². The highest BCUT2D eigenvalue weighted by Crippen LogP contribution is 2.31. The van der Waals surface area contributed by atoms with E-state index in [2.05, 4.69) is 5.32 Å². The van der Waals surface area contributed by atoms with Crippen LogP contribution in [0.2, 0.25) is 0 Å². The van der Waals surface area contributed by atoms with Crippen molar-refractivity contribution in [3.63, 3.8) is 0 Å². The van der Waals surface area contributed by atoms with Gasteiger partial charge in [-0.15, -0.1) is 0 Å². The molecule has 0 saturated heterocycles. The van der Waals surface area contributed by atoms with E-state index in [-0.39, 0.29) is 5.78 Å². The molecule has 0 fully saturated rings. The Morgan fingerprint density at radius 2 is 1.60 bits per heavy atom. The molecule has 2 aromatic rings. The number of hydrogen-bond acceptors (Lipinski definition) is 2. The maximum absolute atomic E-state index is 12.6. The third kappa shape index (κ3) is 3.38. The van der Waals surface area contributed by atoms with Crippen LogP contribution in [0.3, 0.4) is 0 Å². The fourth-order valence-corrected chi connectivity index (χ4v) is 1.76. The van der Waals surface area contributed by atoms with Crippen LogP contribution in [0.5, 0.6) is 0 Å². The highest BCUT2D eigenvalue weighted by molar-refractivity contribution is 5.95. The normalized spacial score (nSPS) is 11.2. The van der Waals surface area contributed by atoms with Crippen molar-refractivity contribution in [2.75, 3.05) is 5.32 Å². The number of benzene rings is 2. The summed E-state index contributed by atoms with van der Waals surface area (Å²) in [6.07, 6.45) is -4.38. The molecule has 0 aliphatic carbocycles. The first kappa shape index (κ1) is 14.1. The first-order valence-corrected chi connectivity index (χ1v) is 5.91. The number of anilines is 2. The Bertz CT molecular complexity index is 635. The van der Waals surface area contributed by atoms with Gasteiger partial charge in [-0.1, -0.05) is 18.2 Å². The Kier molecular flexibility index (Phi) is 3.79. The molecule has 0 aliphatic heterocycles. The maximum atomic E-state index is 12.6. The predicted molar refractivity (Wildman–Crippen MR) is 71.2 cm³/mol. The molecule has 20 heavy (non-hydrogen) atoms. The number of Topliss-reactive ketones (excluding diaryl/α,β-unsaturated/α-hetero) is 1. The van der Waals surface area contributed by atoms with Crippen molar-refractivity contribution in [2.45, 2.75) is 13.1 Å². The molecule has 0 saturated carbocycles. The monoisotopic (exact) mass is 279 g/mol. The van der Waals surface area contributed by atoms with Gasteiger partial charge in [-0.05, 0) is 37.3 Å². The summed E-state index contributed by atoms with van der Waals surface area (Å²) in [5.41, 5.74) is 0.671. The molecule has 0 spiro atoms. The van der Waals surface area contributed by atoms with Gasteiger partial charge in [0.05, 0.1) is 5.56 Å². The number of rotatable bonds is 3. The lowest BCUT2D eigenvalue weighted by atomic mass is 10.1. The summed E-state index contributed by atoms with van der Waals surface area (Å²) in [6, 6.07) is 11.5. The van der Waals surface area contributed by atoms with Gasteiger partial charge in [0, 0.05) is 16.9 Å². The number of nitrogens with one attached hydrogen (secondary N) is 1. The lowest BCUT2D eigenvalue weighted by Crippen LogP contribution is -2.05. The number of carbonyl (C=O) groups excluding carboxylic acids is 1. The van der Waals surface area contributed by atoms with Crippen molar-refractivity contribution in [1.82, 2.24) is 0 Å². The summed E-state index contributed by atoms with van der Waals surface area (Å²) in [6.45, 7) is 1.43. The smallest absolute Gasteiger partial charge is 0.355 e. The Morgan fingerprint density at radius 1 is 1.00 bits per heavy atom. The molecular formula is C15H12F3NO. The molecule has 0 unspecified atom stereocenters. The largest absolute Gasteiger partial charge is 0.416 e. The van der Waals surface area contributed by atoms with E-state index in [1.165, 1.54) is 19.1 Å². The summed E-state index contributed by atoms with van der Waals surface area (Å²) in [5, 5.41) is 2.86. The Labute approximate surface area is 114 Å². The van der Waals surface area contributed by atoms with Gasteiger partial charge in [0.2, 0.25) is 0 Å². The van der Waals surface area contributed by atoms with E-state index >= 15 is 0 Å². The van der Waals surface area contributed by atoms with Crippen LogP contribution in [0, 0.1) is 0 Å². The zero-order valence-electron chi connectivity index (χ0n) is 10.7. The van der Waals surface area contributed by atoms with Crippen LogP contribution < -0.4 is 5.32 Å². The molecule has 0 bridgehead atoms. The van der Waals surface area contributed by atoms with E-state index < -0.39 is 11.7 Å². The Balaban J connectivity index is 2.26. The SMILES string of the molecule is CC(=O)c1cccc(Nc2cccc(C(F)(F)F)c2)c1. The molecule has 0 atom stereocenters. The lowest BCUT2D eigenvalue weighted by Gasteiger charge is -2.11. The second-order valence-corrected chi connectivity index (χ2v) is 4.34. The summed E-state index contributed by atoms with van der Waals surface area (Å²) in [7, 11) is 0. The summed E-state index contributed by atoms with van der Waals surface area (Å²) in [5.74, 6) is -0.0994. The zero-order valence-corrected chi connectivity index (χ0v) is 10.7. The minimum Gasteiger partial charge on any atom is -0.355 e. The van der Waals surface area contributed by atoms with E-state index in [1.807, 2.05) is 0 Å². The molecule has 0 aliphatic rings. The van der Waals surface area contributed by atoms with Crippen molar-refractivity contribution in [2.24, 2.45) is 0 Å². The van der Waals surface area contributed by atoms with Gasteiger partial charge in [-0.2, -0.15) is 13.2 Å². The van der Waals surface area contributed by atoms with Crippen molar-refractivity contribution in [3.05, 3.63) is 59.7 Å². The fraction of sp³-hybridized carbons (Fsp3) is 0.133. The number of carbonyl (C=O) groups is 1. The second-order valence-electron chi connectivity index (χ2n) is 4.34. The lowest BCUT2D eigenvalue weighted by molar-refractivity contribution is -0.137. The summed E-state index contributed by atoms with van der Waals surface area (Å²) >= 11 is 0. The molecular weight excluding hydrogens is 267 g/mol. The molecule has 0 radical (unpaired) electrons. The second kappa shape index (κ2) is 5.36. The molecule has 5 heteroatoms. The van der Waals surface area contributed by atoms with Crippen LogP contribution in [-0.2, 0) is 6.18 Å². The van der Waals surface area contributed by atoms with Gasteiger partial charge in [-0.25, -0.2) is 0 Å². The average Bonchev–Trinajstić information content (AvgIpc) is 2.38. The van der Waals surface area contributed by atoms with Crippen molar-refractivity contribution >= 4 is 17.2 Å². The number of alkyl halides is 3. The minimum atomic E-state index is -4.38. The minimum absolute atomic E-state index is 0.0994. The molecule has 0 amide bonds. The van der Waals surface area contributed by atoms with Crippen LogP contribution >= 0.6 is 0 Å². The van der Waals surface area contributed by atoms with Crippen LogP contribution in [0.25, 0.3) is 0 Å². The van der Waals surface area contributed by atoms with Crippen LogP contribution in [-0.4, -0.2) is 5.78 Å². The number of ketones is 1. The van der Waals surface area contributed by atoms with Crippen molar-refractivity contribution < 1.29 is 18.0 Å². The Hall–Kier alpha value is -2.30. The van der Waals surface area contributed by atoms with Gasteiger partial charge >= 0.3 is 6.18 Å². The standard InChI is InChI=1S/C15H12F3NO/c1-10(20)11-4-2-6-13(8-11)19-14-7-3-5-12(9-14)15(16,17)18/h2-9,19H,1H3. The van der Waals surface area contributed by atoms with Crippen LogP contribution in [0.15, 0.2) is 48.5 Å². The van der Waals surface area contributed by atoms with Crippen molar-refractivity contribution in [3.8, 4) is 0 Å². The molecule has 2 nitrogen and oxygen atoms in total. The molecule has 0 aromatic heterocycles. The number of hydrogen-bond donors (Lipinski definition) is 1. The van der Waals surface area contributed by atoms with Crippen molar-refractivity contribution in [1.29, 1.82) is 0 Å². The van der Waals surface area contributed by atoms with E-state index in [0.717, 1.165) is 12.1 Å². The topological polar surface area (TPSA) is 29.1 Å². The molecule has 104 valence electrons. The number of halogens is 3. The fourth-order valence-electron chi connectivity index (χ4n) is 1.76. The third-order valence-electron chi connectivity index (χ3n) is 2.75. The quantitative estimate of drug-likeness (QED) is 0.828. The molecule has 1 N–H and O–H groups in total. The van der Waals surface area contributed by atoms with Gasteiger partial charge in [0.25, 0.3) is 0 Å². The maximum Gasteiger partial charge on any atom is 0.416 e. The van der Waals surface area contributed by atoms with E-state index in [1.54, 1.807) is 24.3 Å². The Morgan fingerprint density at radius 3 is 2.20 bits per heavy atom. The highest BCUT2D eigenvalue weighted by atomic mass is 19.4. The van der Waals surface area contributed by atoms with Crippen LogP contribution in [0.4, 0.5) is 24.5 Å². The van der Waals surface area contributed by atoms with Gasteiger partial charge < -0.3 is 5.32 Å². The van der Waals surface area contributed by atoms with Gasteiger partial charge in [0.1, 0.15) is 0 Å². The van der Waals surface area contributed by atoms with Gasteiger partial charge in [0.15, 0.2) is 5.78 Å². The molecule has 2 aromatic carbocycles. The zero-order chi connectivity index (χ0) is 14.8. The van der Waals surface area contributed by atoms with E-state index in [9.17, 15) is 18.0 Å². The summed E-state index contributed by atoms with van der Waals surface area (Å²) < 4.78 is 37.8. The first-order valence-electron chi connectivity index (χ1n) is 5.91. The van der Waals surface area contributed by atoms with Crippen LogP contribution in [0.1, 0.15) is 22.8 Å². The highest BCUT2D eigenvalue weighted by Gasteiger charge is 2.30. The summed E-state index contributed by atoms with van der Waals surface area (Å²) in [4.78, 5) is 11.3. The first-order chi connectivity index (χ1) is 9.36. The average molecular weight is 279 g/mol. The van der Waals surface area contributed by atoms with Gasteiger partial charge in [-0.3, -0.25) is 4.79 Å².